The number of hydrogen-bond donors (Lipinski definition) is 1. The Morgan fingerprint density at radius 2 is 1.89 bits per heavy atom. The quantitative estimate of drug-likeness (QED) is 0.798. The summed E-state index contributed by atoms with van der Waals surface area (Å²) in [5.41, 5.74) is 2.82. The van der Waals surface area contributed by atoms with Crippen LogP contribution >= 0.6 is 0 Å². The highest BCUT2D eigenvalue weighted by Gasteiger charge is 2.17. The summed E-state index contributed by atoms with van der Waals surface area (Å²) in [6.45, 7) is 12.2. The minimum atomic E-state index is 0.587. The fraction of sp³-hybridized carbons (Fsp3) is 0.625. The molecule has 18 heavy (non-hydrogen) atoms. The first kappa shape index (κ1) is 15.2. The third-order valence-corrected chi connectivity index (χ3v) is 3.92. The molecule has 0 radical (unpaired) electrons. The van der Waals surface area contributed by atoms with E-state index in [0.29, 0.717) is 12.0 Å². The predicted molar refractivity (Wildman–Crippen MR) is 79.8 cm³/mol. The number of rotatable bonds is 7. The van der Waals surface area contributed by atoms with E-state index in [1.165, 1.54) is 11.1 Å². The topological polar surface area (TPSA) is 15.3 Å². The third-order valence-electron chi connectivity index (χ3n) is 3.92. The Balaban J connectivity index is 2.54. The minimum Gasteiger partial charge on any atom is -0.317 e. The first-order valence-electron chi connectivity index (χ1n) is 7.01. The van der Waals surface area contributed by atoms with Crippen LogP contribution in [0.2, 0.25) is 0 Å². The molecule has 0 aliphatic carbocycles. The first-order valence-corrected chi connectivity index (χ1v) is 7.01. The van der Waals surface area contributed by atoms with Crippen molar-refractivity contribution in [3.63, 3.8) is 0 Å². The molecule has 102 valence electrons. The Labute approximate surface area is 112 Å². The summed E-state index contributed by atoms with van der Waals surface area (Å²) >= 11 is 0. The molecule has 1 aromatic rings. The van der Waals surface area contributed by atoms with Gasteiger partial charge in [0.15, 0.2) is 0 Å². The molecule has 0 spiro atoms. The molecule has 2 atom stereocenters. The number of benzene rings is 1. The minimum absolute atomic E-state index is 0.587. The van der Waals surface area contributed by atoms with Gasteiger partial charge in [-0.2, -0.15) is 0 Å². The lowest BCUT2D eigenvalue weighted by molar-refractivity contribution is 0.189. The van der Waals surface area contributed by atoms with E-state index in [-0.39, 0.29) is 0 Å². The maximum absolute atomic E-state index is 3.43. The molecular formula is C16H28N2. The van der Waals surface area contributed by atoms with Crippen molar-refractivity contribution in [2.45, 2.75) is 40.3 Å². The standard InChI is InChI=1S/C16H28N2/c1-6-17-11-14(3)15(4)18(5)12-16-10-8-7-9-13(16)2/h7-10,14-15,17H,6,11-12H2,1-5H3. The van der Waals surface area contributed by atoms with Crippen molar-refractivity contribution in [1.29, 1.82) is 0 Å². The Kier molecular flexibility index (Phi) is 6.37. The zero-order valence-electron chi connectivity index (χ0n) is 12.5. The van der Waals surface area contributed by atoms with Crippen LogP contribution in [0.1, 0.15) is 31.9 Å². The van der Waals surface area contributed by atoms with Crippen LogP contribution in [-0.2, 0) is 6.54 Å². The van der Waals surface area contributed by atoms with E-state index in [1.807, 2.05) is 0 Å². The molecule has 1 N–H and O–H groups in total. The highest BCUT2D eigenvalue weighted by molar-refractivity contribution is 5.25. The van der Waals surface area contributed by atoms with E-state index in [1.54, 1.807) is 0 Å². The summed E-state index contributed by atoms with van der Waals surface area (Å²) in [7, 11) is 2.22. The molecule has 1 aromatic carbocycles. The van der Waals surface area contributed by atoms with Gasteiger partial charge in [-0.15, -0.1) is 0 Å². The van der Waals surface area contributed by atoms with Crippen LogP contribution in [0.5, 0.6) is 0 Å². The van der Waals surface area contributed by atoms with E-state index in [2.05, 4.69) is 69.2 Å². The van der Waals surface area contributed by atoms with Crippen LogP contribution < -0.4 is 5.32 Å². The van der Waals surface area contributed by atoms with Crippen molar-refractivity contribution in [2.75, 3.05) is 20.1 Å². The molecule has 2 nitrogen and oxygen atoms in total. The summed E-state index contributed by atoms with van der Waals surface area (Å²) in [4.78, 5) is 2.45. The average Bonchev–Trinajstić information content (AvgIpc) is 2.37. The van der Waals surface area contributed by atoms with Gasteiger partial charge in [-0.05, 0) is 51.0 Å². The molecule has 0 amide bonds. The smallest absolute Gasteiger partial charge is 0.0236 e. The molecule has 2 heteroatoms. The Hall–Kier alpha value is -0.860. The van der Waals surface area contributed by atoms with E-state index < -0.39 is 0 Å². The molecule has 0 aliphatic heterocycles. The van der Waals surface area contributed by atoms with Crippen LogP contribution in [-0.4, -0.2) is 31.1 Å². The Morgan fingerprint density at radius 3 is 2.50 bits per heavy atom. The zero-order valence-corrected chi connectivity index (χ0v) is 12.5. The highest BCUT2D eigenvalue weighted by atomic mass is 15.1. The van der Waals surface area contributed by atoms with Crippen molar-refractivity contribution in [3.05, 3.63) is 35.4 Å². The van der Waals surface area contributed by atoms with Crippen molar-refractivity contribution in [3.8, 4) is 0 Å². The maximum Gasteiger partial charge on any atom is 0.0236 e. The van der Waals surface area contributed by atoms with Crippen LogP contribution in [0, 0.1) is 12.8 Å². The van der Waals surface area contributed by atoms with Gasteiger partial charge in [-0.1, -0.05) is 38.1 Å². The zero-order chi connectivity index (χ0) is 13.5. The lowest BCUT2D eigenvalue weighted by Crippen LogP contribution is -2.38. The van der Waals surface area contributed by atoms with Crippen molar-refractivity contribution in [1.82, 2.24) is 10.2 Å². The fourth-order valence-electron chi connectivity index (χ4n) is 2.18. The number of aryl methyl sites for hydroxylation is 1. The molecule has 0 saturated carbocycles. The average molecular weight is 248 g/mol. The molecule has 2 unspecified atom stereocenters. The van der Waals surface area contributed by atoms with Gasteiger partial charge in [0.2, 0.25) is 0 Å². The molecule has 1 rings (SSSR count). The third kappa shape index (κ3) is 4.43. The Bertz CT molecular complexity index is 349. The van der Waals surface area contributed by atoms with Gasteiger partial charge in [-0.3, -0.25) is 4.90 Å². The summed E-state index contributed by atoms with van der Waals surface area (Å²) in [5.74, 6) is 0.666. The van der Waals surface area contributed by atoms with Gasteiger partial charge < -0.3 is 5.32 Å². The van der Waals surface area contributed by atoms with E-state index >= 15 is 0 Å². The van der Waals surface area contributed by atoms with Crippen LogP contribution in [0.15, 0.2) is 24.3 Å². The van der Waals surface area contributed by atoms with E-state index in [0.717, 1.165) is 19.6 Å². The van der Waals surface area contributed by atoms with Crippen molar-refractivity contribution in [2.24, 2.45) is 5.92 Å². The van der Waals surface area contributed by atoms with Gasteiger partial charge in [0, 0.05) is 12.6 Å². The lowest BCUT2D eigenvalue weighted by Gasteiger charge is -2.30. The molecule has 0 fully saturated rings. The second-order valence-corrected chi connectivity index (χ2v) is 5.37. The molecule has 0 bridgehead atoms. The second kappa shape index (κ2) is 7.55. The monoisotopic (exact) mass is 248 g/mol. The van der Waals surface area contributed by atoms with Gasteiger partial charge >= 0.3 is 0 Å². The number of nitrogens with one attached hydrogen (secondary N) is 1. The summed E-state index contributed by atoms with van der Waals surface area (Å²) < 4.78 is 0. The van der Waals surface area contributed by atoms with Gasteiger partial charge in [0.1, 0.15) is 0 Å². The fourth-order valence-corrected chi connectivity index (χ4v) is 2.18. The molecular weight excluding hydrogens is 220 g/mol. The largest absolute Gasteiger partial charge is 0.317 e. The first-order chi connectivity index (χ1) is 8.56. The molecule has 0 aliphatic rings. The van der Waals surface area contributed by atoms with Gasteiger partial charge in [-0.25, -0.2) is 0 Å². The highest BCUT2D eigenvalue weighted by Crippen LogP contribution is 2.14. The van der Waals surface area contributed by atoms with Crippen molar-refractivity contribution >= 4 is 0 Å². The SMILES string of the molecule is CCNCC(C)C(C)N(C)Cc1ccccc1C. The van der Waals surface area contributed by atoms with Gasteiger partial charge in [0.05, 0.1) is 0 Å². The summed E-state index contributed by atoms with van der Waals surface area (Å²) in [6, 6.07) is 9.24. The normalized spacial score (nSPS) is 14.8. The predicted octanol–water partition coefficient (Wildman–Crippen LogP) is 3.06. The van der Waals surface area contributed by atoms with Crippen LogP contribution in [0.3, 0.4) is 0 Å². The maximum atomic E-state index is 3.43. The van der Waals surface area contributed by atoms with Gasteiger partial charge in [0.25, 0.3) is 0 Å². The summed E-state index contributed by atoms with van der Waals surface area (Å²) in [5, 5.41) is 3.43. The van der Waals surface area contributed by atoms with Crippen LogP contribution in [0.25, 0.3) is 0 Å². The Morgan fingerprint density at radius 1 is 1.22 bits per heavy atom. The van der Waals surface area contributed by atoms with Crippen LogP contribution in [0.4, 0.5) is 0 Å². The second-order valence-electron chi connectivity index (χ2n) is 5.37. The van der Waals surface area contributed by atoms with E-state index in [9.17, 15) is 0 Å². The van der Waals surface area contributed by atoms with E-state index in [4.69, 9.17) is 0 Å². The molecule has 0 heterocycles. The molecule has 0 aromatic heterocycles. The number of hydrogen-bond acceptors (Lipinski definition) is 2. The molecule has 0 saturated heterocycles. The lowest BCUT2D eigenvalue weighted by atomic mass is 10.0. The summed E-state index contributed by atoms with van der Waals surface area (Å²) in [6.07, 6.45) is 0. The van der Waals surface area contributed by atoms with Crippen molar-refractivity contribution < 1.29 is 0 Å². The number of nitrogens with zero attached hydrogens (tertiary/aromatic N) is 1.